The number of carbonyl (C=O) groups is 2. The molecule has 1 heterocycles. The van der Waals surface area contributed by atoms with Crippen LogP contribution in [0.4, 0.5) is 0 Å². The van der Waals surface area contributed by atoms with Gasteiger partial charge in [-0.15, -0.1) is 0 Å². The highest BCUT2D eigenvalue weighted by Crippen LogP contribution is 2.34. The van der Waals surface area contributed by atoms with Gasteiger partial charge in [0.25, 0.3) is 5.91 Å². The van der Waals surface area contributed by atoms with Gasteiger partial charge in [-0.05, 0) is 43.2 Å². The average Bonchev–Trinajstić information content (AvgIpc) is 3.01. The smallest absolute Gasteiger partial charge is 0.340 e. The lowest BCUT2D eigenvalue weighted by Crippen LogP contribution is -2.27. The van der Waals surface area contributed by atoms with Crippen LogP contribution >= 0.6 is 0 Å². The maximum absolute atomic E-state index is 13.3. The summed E-state index contributed by atoms with van der Waals surface area (Å²) in [5, 5.41) is 0. The number of amides is 1. The fourth-order valence-electron chi connectivity index (χ4n) is 3.49. The first-order valence-corrected chi connectivity index (χ1v) is 9.59. The first-order chi connectivity index (χ1) is 14.5. The maximum Gasteiger partial charge on any atom is 0.340 e. The van der Waals surface area contributed by atoms with Gasteiger partial charge in [0.2, 0.25) is 0 Å². The first kappa shape index (κ1) is 21.2. The molecule has 0 radical (unpaired) electrons. The van der Waals surface area contributed by atoms with Gasteiger partial charge >= 0.3 is 5.97 Å². The lowest BCUT2D eigenvalue weighted by atomic mass is 10.0. The van der Waals surface area contributed by atoms with Gasteiger partial charge in [-0.1, -0.05) is 30.3 Å². The van der Waals surface area contributed by atoms with Crippen molar-refractivity contribution >= 4 is 18.0 Å². The lowest BCUT2D eigenvalue weighted by Gasteiger charge is -2.17. The fraction of sp³-hybridized carbons (Fsp3) is 0.250. The van der Waals surface area contributed by atoms with E-state index in [4.69, 9.17) is 14.2 Å². The highest BCUT2D eigenvalue weighted by Gasteiger charge is 2.36. The fourth-order valence-corrected chi connectivity index (χ4v) is 3.49. The molecule has 0 N–H and O–H groups in total. The van der Waals surface area contributed by atoms with Crippen LogP contribution in [0.5, 0.6) is 11.5 Å². The molecule has 2 aromatic carbocycles. The Labute approximate surface area is 176 Å². The number of methoxy groups -OCH3 is 3. The molecule has 1 amide bonds. The standard InChI is InChI=1S/C24H25NO5/c1-16-22(24(27)30-4)20(15-18-14-19(28-2)10-11-21(18)29-3)23(26)25(16)13-12-17-8-6-5-7-9-17/h5-11,14-15H,12-13H2,1-4H3/b20-15-. The second-order valence-corrected chi connectivity index (χ2v) is 6.81. The van der Waals surface area contributed by atoms with E-state index in [1.54, 1.807) is 50.3 Å². The molecule has 0 aromatic heterocycles. The molecule has 0 aliphatic carbocycles. The van der Waals surface area contributed by atoms with E-state index in [9.17, 15) is 9.59 Å². The van der Waals surface area contributed by atoms with Crippen LogP contribution in [-0.2, 0) is 20.7 Å². The Hall–Kier alpha value is -3.54. The summed E-state index contributed by atoms with van der Waals surface area (Å²) in [5.74, 6) is 0.403. The van der Waals surface area contributed by atoms with Crippen molar-refractivity contribution in [1.82, 2.24) is 4.90 Å². The number of esters is 1. The first-order valence-electron chi connectivity index (χ1n) is 9.59. The molecule has 0 fully saturated rings. The number of nitrogens with zero attached hydrogens (tertiary/aromatic N) is 1. The van der Waals surface area contributed by atoms with Crippen LogP contribution in [0.25, 0.3) is 6.08 Å². The van der Waals surface area contributed by atoms with Gasteiger partial charge in [-0.2, -0.15) is 0 Å². The molecule has 0 saturated carbocycles. The van der Waals surface area contributed by atoms with Crippen molar-refractivity contribution in [1.29, 1.82) is 0 Å². The average molecular weight is 407 g/mol. The Kier molecular flexibility index (Phi) is 6.57. The number of rotatable bonds is 7. The van der Waals surface area contributed by atoms with E-state index in [0.717, 1.165) is 5.56 Å². The minimum absolute atomic E-state index is 0.242. The van der Waals surface area contributed by atoms with Gasteiger partial charge in [0.15, 0.2) is 0 Å². The molecule has 0 atom stereocenters. The van der Waals surface area contributed by atoms with Crippen molar-refractivity contribution in [2.75, 3.05) is 27.9 Å². The van der Waals surface area contributed by atoms with Crippen molar-refractivity contribution in [3.8, 4) is 11.5 Å². The zero-order valence-electron chi connectivity index (χ0n) is 17.6. The Morgan fingerprint density at radius 1 is 1.03 bits per heavy atom. The van der Waals surface area contributed by atoms with Gasteiger partial charge in [0.05, 0.1) is 32.5 Å². The maximum atomic E-state index is 13.3. The number of carbonyl (C=O) groups excluding carboxylic acids is 2. The quantitative estimate of drug-likeness (QED) is 0.518. The lowest BCUT2D eigenvalue weighted by molar-refractivity contribution is -0.136. The zero-order chi connectivity index (χ0) is 21.7. The molecular weight excluding hydrogens is 382 g/mol. The summed E-state index contributed by atoms with van der Waals surface area (Å²) in [5.41, 5.74) is 2.87. The second-order valence-electron chi connectivity index (χ2n) is 6.81. The predicted molar refractivity (Wildman–Crippen MR) is 114 cm³/mol. The normalized spacial score (nSPS) is 15.0. The number of benzene rings is 2. The summed E-state index contributed by atoms with van der Waals surface area (Å²) in [6.07, 6.45) is 2.33. The van der Waals surface area contributed by atoms with Gasteiger partial charge in [-0.3, -0.25) is 4.79 Å². The summed E-state index contributed by atoms with van der Waals surface area (Å²) >= 11 is 0. The van der Waals surface area contributed by atoms with E-state index in [-0.39, 0.29) is 17.1 Å². The van der Waals surface area contributed by atoms with E-state index in [2.05, 4.69) is 0 Å². The Balaban J connectivity index is 2.00. The van der Waals surface area contributed by atoms with Crippen molar-refractivity contribution in [2.24, 2.45) is 0 Å². The predicted octanol–water partition coefficient (Wildman–Crippen LogP) is 3.62. The molecule has 2 aromatic rings. The number of hydrogen-bond acceptors (Lipinski definition) is 5. The highest BCUT2D eigenvalue weighted by molar-refractivity contribution is 6.16. The molecule has 0 spiro atoms. The molecule has 0 bridgehead atoms. The van der Waals surface area contributed by atoms with E-state index in [1.165, 1.54) is 7.11 Å². The Morgan fingerprint density at radius 3 is 2.40 bits per heavy atom. The summed E-state index contributed by atoms with van der Waals surface area (Å²) < 4.78 is 15.7. The topological polar surface area (TPSA) is 65.1 Å². The van der Waals surface area contributed by atoms with Crippen LogP contribution in [0.1, 0.15) is 18.1 Å². The van der Waals surface area contributed by atoms with Gasteiger partial charge in [0, 0.05) is 17.8 Å². The Morgan fingerprint density at radius 2 is 1.77 bits per heavy atom. The third-order valence-corrected chi connectivity index (χ3v) is 5.10. The SMILES string of the molecule is COC(=O)C1=C(C)N(CCc2ccccc2)C(=O)/C1=C\c1cc(OC)ccc1OC. The molecule has 1 aliphatic heterocycles. The van der Waals surface area contributed by atoms with Crippen LogP contribution in [0.2, 0.25) is 0 Å². The molecular formula is C24H25NO5. The van der Waals surface area contributed by atoms with Gasteiger partial charge in [-0.25, -0.2) is 4.79 Å². The van der Waals surface area contributed by atoms with Crippen LogP contribution in [0.3, 0.4) is 0 Å². The van der Waals surface area contributed by atoms with E-state index in [0.29, 0.717) is 35.7 Å². The van der Waals surface area contributed by atoms with Crippen molar-refractivity contribution < 1.29 is 23.8 Å². The monoisotopic (exact) mass is 407 g/mol. The van der Waals surface area contributed by atoms with Crippen LogP contribution in [0.15, 0.2) is 65.4 Å². The molecule has 0 saturated heterocycles. The molecule has 0 unspecified atom stereocenters. The third-order valence-electron chi connectivity index (χ3n) is 5.10. The van der Waals surface area contributed by atoms with Crippen LogP contribution in [0, 0.1) is 0 Å². The minimum Gasteiger partial charge on any atom is -0.497 e. The minimum atomic E-state index is -0.545. The molecule has 6 nitrogen and oxygen atoms in total. The van der Waals surface area contributed by atoms with Gasteiger partial charge < -0.3 is 19.1 Å². The second kappa shape index (κ2) is 9.31. The van der Waals surface area contributed by atoms with Gasteiger partial charge in [0.1, 0.15) is 11.5 Å². The molecule has 6 heteroatoms. The molecule has 1 aliphatic rings. The van der Waals surface area contributed by atoms with Crippen molar-refractivity contribution in [3.63, 3.8) is 0 Å². The zero-order valence-corrected chi connectivity index (χ0v) is 17.6. The summed E-state index contributed by atoms with van der Waals surface area (Å²) in [7, 11) is 4.42. The number of allylic oxidation sites excluding steroid dienone is 1. The van der Waals surface area contributed by atoms with Crippen molar-refractivity contribution in [2.45, 2.75) is 13.3 Å². The summed E-state index contributed by atoms with van der Waals surface area (Å²) in [6, 6.07) is 15.2. The van der Waals surface area contributed by atoms with Crippen LogP contribution in [-0.4, -0.2) is 44.7 Å². The molecule has 3 rings (SSSR count). The van der Waals surface area contributed by atoms with E-state index < -0.39 is 5.97 Å². The third kappa shape index (κ3) is 4.22. The summed E-state index contributed by atoms with van der Waals surface area (Å²) in [4.78, 5) is 27.4. The van der Waals surface area contributed by atoms with E-state index in [1.807, 2.05) is 30.3 Å². The van der Waals surface area contributed by atoms with E-state index >= 15 is 0 Å². The molecule has 30 heavy (non-hydrogen) atoms. The highest BCUT2D eigenvalue weighted by atomic mass is 16.5. The van der Waals surface area contributed by atoms with Crippen molar-refractivity contribution in [3.05, 3.63) is 76.5 Å². The number of ether oxygens (including phenoxy) is 3. The Bertz CT molecular complexity index is 1010. The van der Waals surface area contributed by atoms with Crippen LogP contribution < -0.4 is 9.47 Å². The summed E-state index contributed by atoms with van der Waals surface area (Å²) in [6.45, 7) is 2.22. The molecule has 156 valence electrons. The number of hydrogen-bond donors (Lipinski definition) is 0. The largest absolute Gasteiger partial charge is 0.497 e.